The molecule has 29 heavy (non-hydrogen) atoms. The van der Waals surface area contributed by atoms with Crippen molar-refractivity contribution in [1.82, 2.24) is 4.98 Å². The Morgan fingerprint density at radius 2 is 1.83 bits per heavy atom. The van der Waals surface area contributed by atoms with Gasteiger partial charge in [0.25, 0.3) is 5.91 Å². The van der Waals surface area contributed by atoms with Crippen LogP contribution in [0.2, 0.25) is 0 Å². The van der Waals surface area contributed by atoms with E-state index in [1.807, 2.05) is 0 Å². The second-order valence-corrected chi connectivity index (χ2v) is 6.32. The second-order valence-electron chi connectivity index (χ2n) is 6.32. The van der Waals surface area contributed by atoms with Crippen molar-refractivity contribution >= 4 is 17.5 Å². The summed E-state index contributed by atoms with van der Waals surface area (Å²) in [5.41, 5.74) is 6.08. The smallest absolute Gasteiger partial charge is 0.261 e. The zero-order valence-electron chi connectivity index (χ0n) is 15.6. The van der Waals surface area contributed by atoms with Gasteiger partial charge in [0.05, 0.1) is 5.69 Å². The summed E-state index contributed by atoms with van der Waals surface area (Å²) in [6, 6.07) is 10.8. The monoisotopic (exact) mass is 397 g/mol. The summed E-state index contributed by atoms with van der Waals surface area (Å²) >= 11 is 0. The van der Waals surface area contributed by atoms with Crippen LogP contribution in [0.5, 0.6) is 11.6 Å². The molecule has 1 heterocycles. The number of ether oxygens (including phenoxy) is 1. The number of pyridine rings is 1. The molecule has 0 unspecified atom stereocenters. The Bertz CT molecular complexity index is 1120. The van der Waals surface area contributed by atoms with Crippen LogP contribution in [0.15, 0.2) is 48.5 Å². The lowest BCUT2D eigenvalue weighted by Crippen LogP contribution is -2.16. The molecule has 3 N–H and O–H groups in total. The van der Waals surface area contributed by atoms with Crippen molar-refractivity contribution in [1.29, 1.82) is 0 Å². The Balaban J connectivity index is 1.95. The van der Waals surface area contributed by atoms with Crippen LogP contribution in [0.3, 0.4) is 0 Å². The van der Waals surface area contributed by atoms with E-state index < -0.39 is 23.4 Å². The zero-order chi connectivity index (χ0) is 21.1. The summed E-state index contributed by atoms with van der Waals surface area (Å²) in [7, 11) is 0. The molecule has 0 atom stereocenters. The Morgan fingerprint density at radius 3 is 2.52 bits per heavy atom. The number of benzene rings is 2. The summed E-state index contributed by atoms with van der Waals surface area (Å²) in [6.45, 7) is 3.06. The first-order chi connectivity index (χ1) is 13.7. The number of aromatic nitrogens is 1. The van der Waals surface area contributed by atoms with E-state index in [4.69, 9.17) is 10.5 Å². The average molecular weight is 397 g/mol. The molecule has 148 valence electrons. The minimum absolute atomic E-state index is 0.0343. The lowest BCUT2D eigenvalue weighted by molar-refractivity contribution is 0.0995. The minimum atomic E-state index is -0.701. The molecule has 8 heteroatoms. The largest absolute Gasteiger partial charge is 0.438 e. The SMILES string of the molecule is Cc1cc(F)ccc1Oc1nc(C)c(F)cc1C(=O)Nc1cccc(C(N)=O)c1. The van der Waals surface area contributed by atoms with Crippen LogP contribution in [0.4, 0.5) is 14.5 Å². The predicted molar refractivity (Wildman–Crippen MR) is 103 cm³/mol. The molecule has 0 fully saturated rings. The van der Waals surface area contributed by atoms with Crippen molar-refractivity contribution < 1.29 is 23.1 Å². The number of halogens is 2. The molecule has 0 saturated heterocycles. The van der Waals surface area contributed by atoms with E-state index in [-0.39, 0.29) is 34.1 Å². The van der Waals surface area contributed by atoms with E-state index in [1.165, 1.54) is 37.3 Å². The van der Waals surface area contributed by atoms with E-state index in [1.54, 1.807) is 19.1 Å². The maximum Gasteiger partial charge on any atom is 0.261 e. The number of nitrogens with zero attached hydrogens (tertiary/aromatic N) is 1. The normalized spacial score (nSPS) is 10.5. The number of nitrogens with one attached hydrogen (secondary N) is 1. The molecule has 3 rings (SSSR count). The molecule has 0 aliphatic rings. The molecule has 0 aliphatic carbocycles. The van der Waals surface area contributed by atoms with Gasteiger partial charge in [-0.15, -0.1) is 0 Å². The first kappa shape index (κ1) is 19.9. The minimum Gasteiger partial charge on any atom is -0.438 e. The van der Waals surface area contributed by atoms with Crippen molar-refractivity contribution in [3.05, 3.63) is 82.5 Å². The quantitative estimate of drug-likeness (QED) is 0.677. The third-order valence-corrected chi connectivity index (χ3v) is 4.11. The van der Waals surface area contributed by atoms with Gasteiger partial charge in [0.2, 0.25) is 11.8 Å². The van der Waals surface area contributed by atoms with Gasteiger partial charge in [-0.1, -0.05) is 6.07 Å². The van der Waals surface area contributed by atoms with E-state index >= 15 is 0 Å². The Kier molecular flexibility index (Phi) is 5.54. The van der Waals surface area contributed by atoms with Crippen molar-refractivity contribution in [2.75, 3.05) is 5.32 Å². The molecule has 0 radical (unpaired) electrons. The summed E-state index contributed by atoms with van der Waals surface area (Å²) in [4.78, 5) is 28.1. The summed E-state index contributed by atoms with van der Waals surface area (Å²) in [5, 5.41) is 2.56. The molecule has 2 amide bonds. The van der Waals surface area contributed by atoms with Crippen LogP contribution in [-0.4, -0.2) is 16.8 Å². The third kappa shape index (κ3) is 4.55. The second kappa shape index (κ2) is 8.05. The number of primary amides is 1. The van der Waals surface area contributed by atoms with Crippen LogP contribution in [-0.2, 0) is 0 Å². The van der Waals surface area contributed by atoms with E-state index in [9.17, 15) is 18.4 Å². The topological polar surface area (TPSA) is 94.3 Å². The number of rotatable bonds is 5. The van der Waals surface area contributed by atoms with Crippen molar-refractivity contribution in [2.45, 2.75) is 13.8 Å². The number of hydrogen-bond donors (Lipinski definition) is 2. The maximum absolute atomic E-state index is 14.1. The maximum atomic E-state index is 14.1. The number of nitrogens with two attached hydrogens (primary N) is 1. The molecule has 0 saturated carbocycles. The van der Waals surface area contributed by atoms with Gasteiger partial charge in [0.1, 0.15) is 22.9 Å². The zero-order valence-corrected chi connectivity index (χ0v) is 15.6. The molecule has 0 bridgehead atoms. The van der Waals surface area contributed by atoms with Gasteiger partial charge in [0.15, 0.2) is 0 Å². The van der Waals surface area contributed by atoms with Gasteiger partial charge in [-0.3, -0.25) is 9.59 Å². The third-order valence-electron chi connectivity index (χ3n) is 4.11. The average Bonchev–Trinajstić information content (AvgIpc) is 2.66. The highest BCUT2D eigenvalue weighted by Crippen LogP contribution is 2.28. The van der Waals surface area contributed by atoms with Crippen LogP contribution in [0.25, 0.3) is 0 Å². The highest BCUT2D eigenvalue weighted by molar-refractivity contribution is 6.06. The number of hydrogen-bond acceptors (Lipinski definition) is 4. The van der Waals surface area contributed by atoms with Crippen LogP contribution < -0.4 is 15.8 Å². The van der Waals surface area contributed by atoms with Crippen LogP contribution >= 0.6 is 0 Å². The van der Waals surface area contributed by atoms with Gasteiger partial charge in [-0.05, 0) is 61.9 Å². The van der Waals surface area contributed by atoms with Crippen molar-refractivity contribution in [3.63, 3.8) is 0 Å². The molecule has 6 nitrogen and oxygen atoms in total. The first-order valence-corrected chi connectivity index (χ1v) is 8.57. The standard InChI is InChI=1S/C21H17F2N3O3/c1-11-8-14(22)6-7-18(11)29-21-16(10-17(23)12(2)25-21)20(28)26-15-5-3-4-13(9-15)19(24)27/h3-10H,1-2H3,(H2,24,27)(H,26,28). The summed E-state index contributed by atoms with van der Waals surface area (Å²) < 4.78 is 33.1. The Morgan fingerprint density at radius 1 is 1.07 bits per heavy atom. The molecule has 0 spiro atoms. The number of amides is 2. The lowest BCUT2D eigenvalue weighted by atomic mass is 10.1. The van der Waals surface area contributed by atoms with Gasteiger partial charge in [-0.25, -0.2) is 13.8 Å². The number of anilines is 1. The summed E-state index contributed by atoms with van der Waals surface area (Å²) in [6.07, 6.45) is 0. The Labute approximate surface area is 165 Å². The molecule has 0 aliphatic heterocycles. The number of carbonyl (C=O) groups excluding carboxylic acids is 2. The number of carbonyl (C=O) groups is 2. The predicted octanol–water partition coefficient (Wildman–Crippen LogP) is 4.12. The van der Waals surface area contributed by atoms with Crippen molar-refractivity contribution in [2.24, 2.45) is 5.73 Å². The molecule has 3 aromatic rings. The molecule has 2 aromatic carbocycles. The summed E-state index contributed by atoms with van der Waals surface area (Å²) in [5.74, 6) is -2.35. The van der Waals surface area contributed by atoms with Crippen LogP contribution in [0, 0.1) is 25.5 Å². The van der Waals surface area contributed by atoms with E-state index in [2.05, 4.69) is 10.3 Å². The van der Waals surface area contributed by atoms with Gasteiger partial charge in [-0.2, -0.15) is 0 Å². The highest BCUT2D eigenvalue weighted by atomic mass is 19.1. The highest BCUT2D eigenvalue weighted by Gasteiger charge is 2.19. The first-order valence-electron chi connectivity index (χ1n) is 8.57. The van der Waals surface area contributed by atoms with E-state index in [0.29, 0.717) is 5.56 Å². The van der Waals surface area contributed by atoms with Crippen LogP contribution in [0.1, 0.15) is 32.0 Å². The fraction of sp³-hybridized carbons (Fsp3) is 0.0952. The fourth-order valence-electron chi connectivity index (χ4n) is 2.58. The van der Waals surface area contributed by atoms with Crippen molar-refractivity contribution in [3.8, 4) is 11.6 Å². The Hall–Kier alpha value is -3.81. The van der Waals surface area contributed by atoms with Gasteiger partial charge in [0, 0.05) is 11.3 Å². The fourth-order valence-corrected chi connectivity index (χ4v) is 2.58. The van der Waals surface area contributed by atoms with Gasteiger partial charge < -0.3 is 15.8 Å². The molecular weight excluding hydrogens is 380 g/mol. The lowest BCUT2D eigenvalue weighted by Gasteiger charge is -2.13. The number of aryl methyl sites for hydroxylation is 2. The van der Waals surface area contributed by atoms with Gasteiger partial charge >= 0.3 is 0 Å². The molecular formula is C21H17F2N3O3. The molecule has 1 aromatic heterocycles. The van der Waals surface area contributed by atoms with E-state index in [0.717, 1.165) is 6.07 Å².